The van der Waals surface area contributed by atoms with E-state index in [0.717, 1.165) is 0 Å². The monoisotopic (exact) mass is 343 g/mol. The molecule has 3 rings (SSSR count). The van der Waals surface area contributed by atoms with Crippen LogP contribution in [0.4, 0.5) is 5.69 Å². The number of hydrogen-bond donors (Lipinski definition) is 3. The van der Waals surface area contributed by atoms with Gasteiger partial charge >= 0.3 is 0 Å². The predicted octanol–water partition coefficient (Wildman–Crippen LogP) is 0.850. The van der Waals surface area contributed by atoms with Gasteiger partial charge in [0, 0.05) is 12.6 Å². The van der Waals surface area contributed by atoms with Gasteiger partial charge in [0.1, 0.15) is 11.9 Å². The summed E-state index contributed by atoms with van der Waals surface area (Å²) in [5.74, 6) is -1.13. The van der Waals surface area contributed by atoms with E-state index >= 15 is 0 Å². The highest BCUT2D eigenvalue weighted by molar-refractivity contribution is 6.11. The number of ether oxygens (including phenoxy) is 1. The highest BCUT2D eigenvalue weighted by Gasteiger charge is 2.68. The molecule has 3 amide bonds. The van der Waals surface area contributed by atoms with Crippen molar-refractivity contribution in [1.82, 2.24) is 5.32 Å². The zero-order valence-electron chi connectivity index (χ0n) is 13.4. The number of nitrogens with two attached hydrogens (primary N) is 1. The van der Waals surface area contributed by atoms with E-state index in [1.165, 1.54) is 13.2 Å². The molecule has 25 heavy (non-hydrogen) atoms. The fourth-order valence-corrected chi connectivity index (χ4v) is 2.58. The molecule has 8 heteroatoms. The number of amides is 3. The van der Waals surface area contributed by atoms with E-state index in [1.807, 2.05) is 0 Å². The van der Waals surface area contributed by atoms with Crippen molar-refractivity contribution in [3.8, 4) is 0 Å². The second kappa shape index (κ2) is 6.40. The van der Waals surface area contributed by atoms with Crippen LogP contribution in [-0.2, 0) is 25.7 Å². The highest BCUT2D eigenvalue weighted by Crippen LogP contribution is 2.49. The van der Waals surface area contributed by atoms with Gasteiger partial charge in [0.15, 0.2) is 0 Å². The highest BCUT2D eigenvalue weighted by atomic mass is 16.6. The first kappa shape index (κ1) is 16.7. The Hall–Kier alpha value is -3.13. The van der Waals surface area contributed by atoms with E-state index in [4.69, 9.17) is 14.9 Å². The molecule has 0 spiro atoms. The zero-order chi connectivity index (χ0) is 18.0. The number of hydrogen-bond acceptors (Lipinski definition) is 5. The third-order valence-corrected chi connectivity index (χ3v) is 3.86. The topological polar surface area (TPSA) is 127 Å². The SMILES string of the molecule is CC(=O)Nc1ccc([C@H]2O[C@]2(C(N)=O)C(=O)NCc2ccco2)cc1. The van der Waals surface area contributed by atoms with Crippen molar-refractivity contribution in [3.05, 3.63) is 54.0 Å². The van der Waals surface area contributed by atoms with Crippen LogP contribution >= 0.6 is 0 Å². The molecular weight excluding hydrogens is 326 g/mol. The molecule has 1 saturated heterocycles. The minimum absolute atomic E-state index is 0.123. The molecule has 0 unspecified atom stereocenters. The van der Waals surface area contributed by atoms with Crippen molar-refractivity contribution in [3.63, 3.8) is 0 Å². The Morgan fingerprint density at radius 2 is 1.92 bits per heavy atom. The molecule has 4 N–H and O–H groups in total. The Kier molecular flexibility index (Phi) is 4.28. The van der Waals surface area contributed by atoms with Crippen LogP contribution in [0.5, 0.6) is 0 Å². The summed E-state index contributed by atoms with van der Waals surface area (Å²) < 4.78 is 10.5. The van der Waals surface area contributed by atoms with Gasteiger partial charge in [-0.3, -0.25) is 14.4 Å². The predicted molar refractivity (Wildman–Crippen MR) is 87.1 cm³/mol. The van der Waals surface area contributed by atoms with Crippen LogP contribution in [-0.4, -0.2) is 23.3 Å². The molecular formula is C17H17N3O5. The van der Waals surface area contributed by atoms with E-state index in [1.54, 1.807) is 36.4 Å². The van der Waals surface area contributed by atoms with Gasteiger partial charge in [-0.25, -0.2) is 0 Å². The third-order valence-electron chi connectivity index (χ3n) is 3.86. The zero-order valence-corrected chi connectivity index (χ0v) is 13.4. The minimum Gasteiger partial charge on any atom is -0.467 e. The molecule has 2 atom stereocenters. The average molecular weight is 343 g/mol. The summed E-state index contributed by atoms with van der Waals surface area (Å²) in [5, 5.41) is 5.22. The minimum atomic E-state index is -1.73. The second-order valence-corrected chi connectivity index (χ2v) is 5.66. The van der Waals surface area contributed by atoms with Crippen LogP contribution < -0.4 is 16.4 Å². The number of carbonyl (C=O) groups is 3. The van der Waals surface area contributed by atoms with Crippen LogP contribution in [0.15, 0.2) is 47.1 Å². The Morgan fingerprint density at radius 1 is 1.20 bits per heavy atom. The summed E-state index contributed by atoms with van der Waals surface area (Å²) in [5.41, 5.74) is 4.88. The molecule has 0 bridgehead atoms. The molecule has 130 valence electrons. The first-order chi connectivity index (χ1) is 11.9. The maximum atomic E-state index is 12.4. The second-order valence-electron chi connectivity index (χ2n) is 5.66. The summed E-state index contributed by atoms with van der Waals surface area (Å²) in [6.45, 7) is 1.53. The number of primary amides is 1. The van der Waals surface area contributed by atoms with Crippen molar-refractivity contribution in [2.75, 3.05) is 5.32 Å². The van der Waals surface area contributed by atoms with Crippen LogP contribution in [0.1, 0.15) is 24.4 Å². The van der Waals surface area contributed by atoms with Gasteiger partial charge in [-0.1, -0.05) is 12.1 Å². The normalized spacial score (nSPS) is 21.4. The van der Waals surface area contributed by atoms with E-state index < -0.39 is 23.5 Å². The molecule has 1 fully saturated rings. The van der Waals surface area contributed by atoms with Gasteiger partial charge in [0.25, 0.3) is 17.4 Å². The first-order valence-corrected chi connectivity index (χ1v) is 7.59. The Bertz CT molecular complexity index is 800. The number of benzene rings is 1. The Labute approximate surface area is 143 Å². The van der Waals surface area contributed by atoms with Crippen molar-refractivity contribution < 1.29 is 23.5 Å². The lowest BCUT2D eigenvalue weighted by atomic mass is 9.97. The summed E-state index contributed by atoms with van der Waals surface area (Å²) in [4.78, 5) is 35.3. The molecule has 0 saturated carbocycles. The number of rotatable bonds is 6. The lowest BCUT2D eigenvalue weighted by molar-refractivity contribution is -0.135. The van der Waals surface area contributed by atoms with Crippen LogP contribution in [0, 0.1) is 0 Å². The van der Waals surface area contributed by atoms with Gasteiger partial charge < -0.3 is 25.5 Å². The maximum Gasteiger partial charge on any atom is 0.265 e. The first-order valence-electron chi connectivity index (χ1n) is 7.59. The summed E-state index contributed by atoms with van der Waals surface area (Å²) in [6, 6.07) is 10.0. The molecule has 8 nitrogen and oxygen atoms in total. The molecule has 1 aliphatic heterocycles. The van der Waals surface area contributed by atoms with E-state index in [9.17, 15) is 14.4 Å². The number of nitrogens with one attached hydrogen (secondary N) is 2. The smallest absolute Gasteiger partial charge is 0.265 e. The molecule has 1 aromatic heterocycles. The number of epoxide rings is 1. The standard InChI is InChI=1S/C17H17N3O5/c1-10(21)20-12-6-4-11(5-7-12)14-17(25-14,15(18)22)16(23)19-9-13-3-2-8-24-13/h2-8,14H,9H2,1H3,(H2,18,22)(H,19,23)(H,20,21)/t14-,17-/m1/s1. The van der Waals surface area contributed by atoms with Crippen LogP contribution in [0.25, 0.3) is 0 Å². The lowest BCUT2D eigenvalue weighted by Crippen LogP contribution is -2.46. The van der Waals surface area contributed by atoms with E-state index in [2.05, 4.69) is 10.6 Å². The summed E-state index contributed by atoms with van der Waals surface area (Å²) >= 11 is 0. The van der Waals surface area contributed by atoms with Gasteiger partial charge in [0.2, 0.25) is 5.91 Å². The molecule has 1 aliphatic rings. The van der Waals surface area contributed by atoms with Gasteiger partial charge in [-0.15, -0.1) is 0 Å². The molecule has 0 aliphatic carbocycles. The molecule has 0 radical (unpaired) electrons. The van der Waals surface area contributed by atoms with Crippen molar-refractivity contribution in [1.29, 1.82) is 0 Å². The summed E-state index contributed by atoms with van der Waals surface area (Å²) in [7, 11) is 0. The molecule has 2 heterocycles. The largest absolute Gasteiger partial charge is 0.467 e. The Balaban J connectivity index is 1.71. The number of carbonyl (C=O) groups excluding carboxylic acids is 3. The third kappa shape index (κ3) is 3.24. The van der Waals surface area contributed by atoms with Gasteiger partial charge in [-0.2, -0.15) is 0 Å². The lowest BCUT2D eigenvalue weighted by Gasteiger charge is -2.10. The van der Waals surface area contributed by atoms with Crippen LogP contribution in [0.3, 0.4) is 0 Å². The maximum absolute atomic E-state index is 12.4. The van der Waals surface area contributed by atoms with Crippen molar-refractivity contribution >= 4 is 23.4 Å². The van der Waals surface area contributed by atoms with E-state index in [-0.39, 0.29) is 12.5 Å². The number of furan rings is 1. The average Bonchev–Trinajstić information content (AvgIpc) is 3.12. The van der Waals surface area contributed by atoms with Gasteiger partial charge in [-0.05, 0) is 29.8 Å². The number of anilines is 1. The van der Waals surface area contributed by atoms with Gasteiger partial charge in [0.05, 0.1) is 12.8 Å². The molecule has 1 aromatic carbocycles. The van der Waals surface area contributed by atoms with Crippen LogP contribution in [0.2, 0.25) is 0 Å². The quantitative estimate of drug-likeness (QED) is 0.529. The summed E-state index contributed by atoms with van der Waals surface area (Å²) in [6.07, 6.45) is 0.714. The van der Waals surface area contributed by atoms with Crippen molar-refractivity contribution in [2.45, 2.75) is 25.2 Å². The molecule has 2 aromatic rings. The fourth-order valence-electron chi connectivity index (χ4n) is 2.58. The van der Waals surface area contributed by atoms with E-state index in [0.29, 0.717) is 17.0 Å². The Morgan fingerprint density at radius 3 is 2.48 bits per heavy atom. The van der Waals surface area contributed by atoms with Crippen molar-refractivity contribution in [2.24, 2.45) is 5.73 Å². The fraction of sp³-hybridized carbons (Fsp3) is 0.235.